The summed E-state index contributed by atoms with van der Waals surface area (Å²) in [7, 11) is 3.97. The Bertz CT molecular complexity index is 1820. The summed E-state index contributed by atoms with van der Waals surface area (Å²) in [5.41, 5.74) is 5.75. The Labute approximate surface area is 276 Å². The highest BCUT2D eigenvalue weighted by Crippen LogP contribution is 2.43. The molecule has 3 aromatic rings. The largest absolute Gasteiger partial charge is 0.488 e. The number of aromatic nitrogens is 2. The van der Waals surface area contributed by atoms with Crippen LogP contribution in [0.4, 0.5) is 17.2 Å². The van der Waals surface area contributed by atoms with Crippen LogP contribution in [0.5, 0.6) is 11.5 Å². The van der Waals surface area contributed by atoms with E-state index >= 15 is 0 Å². The van der Waals surface area contributed by atoms with Gasteiger partial charge in [0.15, 0.2) is 5.75 Å². The summed E-state index contributed by atoms with van der Waals surface area (Å²) in [6, 6.07) is 10.1. The molecule has 1 aromatic heterocycles. The number of benzene rings is 2. The Kier molecular flexibility index (Phi) is 9.26. The number of likely N-dealkylation sites (N-methyl/N-ethyl adjacent to an activating group) is 1. The molecule has 6 rings (SSSR count). The fraction of sp³-hybridized carbons (Fsp3) is 0.333. The predicted molar refractivity (Wildman–Crippen MR) is 187 cm³/mol. The third-order valence-electron chi connectivity index (χ3n) is 8.31. The van der Waals surface area contributed by atoms with Gasteiger partial charge in [-0.25, -0.2) is 15.0 Å². The van der Waals surface area contributed by atoms with Crippen molar-refractivity contribution in [2.24, 2.45) is 5.10 Å². The van der Waals surface area contributed by atoms with Gasteiger partial charge in [-0.3, -0.25) is 4.79 Å². The number of piperazine rings is 1. The molecule has 1 amide bonds. The van der Waals surface area contributed by atoms with E-state index in [2.05, 4.69) is 45.2 Å². The number of ether oxygens (including phenoxy) is 2. The van der Waals surface area contributed by atoms with E-state index in [1.54, 1.807) is 18.6 Å². The summed E-state index contributed by atoms with van der Waals surface area (Å²) in [6.45, 7) is 11.2. The molecule has 244 valence electrons. The first-order valence-electron chi connectivity index (χ1n) is 15.9. The minimum absolute atomic E-state index is 0.0420. The zero-order valence-electron chi connectivity index (χ0n) is 27.9. The van der Waals surface area contributed by atoms with Crippen molar-refractivity contribution in [1.29, 1.82) is 0 Å². The SMILES string of the molecule is C/C=N\N1C=CC(Oc2ccc(Nc3ncnc4ccc5c(c34)OCC3CN(C(=O)/C=C/CN(C)C)CCN53)cc2C)=CC1=C(C)C. The normalized spacial score (nSPS) is 17.7. The predicted octanol–water partition coefficient (Wildman–Crippen LogP) is 5.60. The molecular weight excluding hydrogens is 592 g/mol. The average molecular weight is 635 g/mol. The van der Waals surface area contributed by atoms with Crippen molar-refractivity contribution in [2.45, 2.75) is 33.7 Å². The number of nitrogens with zero attached hydrogens (tertiary/aromatic N) is 7. The van der Waals surface area contributed by atoms with Gasteiger partial charge in [0.2, 0.25) is 5.91 Å². The number of amides is 1. The van der Waals surface area contributed by atoms with Gasteiger partial charge < -0.3 is 29.5 Å². The summed E-state index contributed by atoms with van der Waals surface area (Å²) in [4.78, 5) is 28.3. The first kappa shape index (κ1) is 31.8. The third-order valence-corrected chi connectivity index (χ3v) is 8.31. The lowest BCUT2D eigenvalue weighted by Crippen LogP contribution is -2.58. The van der Waals surface area contributed by atoms with E-state index in [1.807, 2.05) is 91.4 Å². The standard InChI is InChI=1S/C36H42N8O3/c1-7-39-44-16-14-28(20-31(44)24(2)3)47-32-13-10-26(19-25(32)4)40-36-34-29(37-23-38-36)11-12-30-35(34)46-22-27-21-42(17-18-43(27)30)33(45)9-8-15-41(5)6/h7-14,16,19-20,23,27H,15,17-18,21-22H2,1-6H3,(H,37,38,40)/b9-8+,39-7-. The highest BCUT2D eigenvalue weighted by atomic mass is 16.5. The van der Waals surface area contributed by atoms with Crippen molar-refractivity contribution < 1.29 is 14.3 Å². The van der Waals surface area contributed by atoms with Gasteiger partial charge in [0.1, 0.15) is 30.3 Å². The number of anilines is 3. The average Bonchev–Trinajstić information content (AvgIpc) is 3.06. The van der Waals surface area contributed by atoms with Crippen molar-refractivity contribution in [3.8, 4) is 11.5 Å². The van der Waals surface area contributed by atoms with Crippen LogP contribution in [-0.4, -0.2) is 89.8 Å². The maximum atomic E-state index is 12.8. The van der Waals surface area contributed by atoms with E-state index in [4.69, 9.17) is 9.47 Å². The van der Waals surface area contributed by atoms with Crippen molar-refractivity contribution in [1.82, 2.24) is 24.8 Å². The lowest BCUT2D eigenvalue weighted by atomic mass is 10.1. The second-order valence-electron chi connectivity index (χ2n) is 12.3. The van der Waals surface area contributed by atoms with Crippen LogP contribution in [0, 0.1) is 6.92 Å². The van der Waals surface area contributed by atoms with Crippen molar-refractivity contribution in [3.63, 3.8) is 0 Å². The monoisotopic (exact) mass is 634 g/mol. The maximum Gasteiger partial charge on any atom is 0.246 e. The van der Waals surface area contributed by atoms with Gasteiger partial charge in [0.25, 0.3) is 0 Å². The first-order valence-corrected chi connectivity index (χ1v) is 15.9. The highest BCUT2D eigenvalue weighted by Gasteiger charge is 2.35. The van der Waals surface area contributed by atoms with E-state index in [0.717, 1.165) is 69.5 Å². The lowest BCUT2D eigenvalue weighted by Gasteiger charge is -2.45. The Morgan fingerprint density at radius 2 is 2.04 bits per heavy atom. The summed E-state index contributed by atoms with van der Waals surface area (Å²) in [6.07, 6.45) is 12.7. The van der Waals surface area contributed by atoms with Crippen LogP contribution < -0.4 is 19.7 Å². The fourth-order valence-corrected chi connectivity index (χ4v) is 5.98. The molecule has 0 radical (unpaired) electrons. The molecule has 0 aliphatic carbocycles. The molecule has 4 heterocycles. The van der Waals surface area contributed by atoms with Gasteiger partial charge >= 0.3 is 0 Å². The smallest absolute Gasteiger partial charge is 0.246 e. The van der Waals surface area contributed by atoms with Gasteiger partial charge in [-0.1, -0.05) is 11.6 Å². The minimum atomic E-state index is 0.0420. The molecule has 3 aliphatic heterocycles. The van der Waals surface area contributed by atoms with E-state index in [0.29, 0.717) is 25.5 Å². The number of aryl methyl sites for hydroxylation is 1. The first-order chi connectivity index (χ1) is 22.7. The quantitative estimate of drug-likeness (QED) is 0.251. The molecule has 11 nitrogen and oxygen atoms in total. The molecule has 2 aromatic carbocycles. The summed E-state index contributed by atoms with van der Waals surface area (Å²) in [5, 5.41) is 10.6. The molecule has 1 saturated heterocycles. The number of hydrogen-bond donors (Lipinski definition) is 1. The number of allylic oxidation sites excluding steroid dienone is 3. The van der Waals surface area contributed by atoms with Crippen LogP contribution in [0.25, 0.3) is 10.9 Å². The minimum Gasteiger partial charge on any atom is -0.488 e. The van der Waals surface area contributed by atoms with Crippen LogP contribution in [0.2, 0.25) is 0 Å². The Morgan fingerprint density at radius 1 is 1.19 bits per heavy atom. The molecule has 0 saturated carbocycles. The van der Waals surface area contributed by atoms with Gasteiger partial charge in [-0.2, -0.15) is 5.10 Å². The molecule has 1 unspecified atom stereocenters. The van der Waals surface area contributed by atoms with Gasteiger partial charge in [0.05, 0.1) is 28.3 Å². The number of nitrogens with one attached hydrogen (secondary N) is 1. The van der Waals surface area contributed by atoms with Crippen molar-refractivity contribution in [2.75, 3.05) is 57.1 Å². The van der Waals surface area contributed by atoms with Crippen molar-refractivity contribution in [3.05, 3.63) is 89.8 Å². The zero-order chi connectivity index (χ0) is 33.1. The summed E-state index contributed by atoms with van der Waals surface area (Å²) < 4.78 is 12.7. The number of rotatable bonds is 8. The van der Waals surface area contributed by atoms with E-state index in [1.165, 1.54) is 0 Å². The highest BCUT2D eigenvalue weighted by molar-refractivity contribution is 6.00. The number of fused-ring (bicyclic) bond motifs is 5. The number of carbonyl (C=O) groups excluding carboxylic acids is 1. The van der Waals surface area contributed by atoms with Gasteiger partial charge in [0, 0.05) is 56.4 Å². The summed E-state index contributed by atoms with van der Waals surface area (Å²) in [5.74, 6) is 2.97. The van der Waals surface area contributed by atoms with Crippen LogP contribution in [-0.2, 0) is 4.79 Å². The summed E-state index contributed by atoms with van der Waals surface area (Å²) >= 11 is 0. The zero-order valence-corrected chi connectivity index (χ0v) is 27.9. The lowest BCUT2D eigenvalue weighted by molar-refractivity contribution is -0.127. The van der Waals surface area contributed by atoms with E-state index < -0.39 is 0 Å². The number of hydrazone groups is 1. The number of hydrogen-bond acceptors (Lipinski definition) is 10. The van der Waals surface area contributed by atoms with Gasteiger partial charge in [-0.05, 0) is 83.8 Å². The van der Waals surface area contributed by atoms with Crippen LogP contribution in [0.15, 0.2) is 89.3 Å². The molecule has 1 N–H and O–H groups in total. The molecule has 0 bridgehead atoms. The van der Waals surface area contributed by atoms with Crippen LogP contribution >= 0.6 is 0 Å². The van der Waals surface area contributed by atoms with Gasteiger partial charge in [-0.15, -0.1) is 0 Å². The van der Waals surface area contributed by atoms with Crippen molar-refractivity contribution >= 4 is 40.2 Å². The molecule has 11 heteroatoms. The molecule has 47 heavy (non-hydrogen) atoms. The third kappa shape index (κ3) is 6.85. The molecule has 0 spiro atoms. The maximum absolute atomic E-state index is 12.8. The molecule has 1 fully saturated rings. The van der Waals surface area contributed by atoms with Crippen LogP contribution in [0.3, 0.4) is 0 Å². The topological polar surface area (TPSA) is 98.7 Å². The fourth-order valence-electron chi connectivity index (χ4n) is 5.98. The number of carbonyl (C=O) groups is 1. The second-order valence-corrected chi connectivity index (χ2v) is 12.3. The van der Waals surface area contributed by atoms with E-state index in [-0.39, 0.29) is 11.9 Å². The molecule has 1 atom stereocenters. The second kappa shape index (κ2) is 13.7. The van der Waals surface area contributed by atoms with E-state index in [9.17, 15) is 4.79 Å². The Hall–Kier alpha value is -5.16. The van der Waals surface area contributed by atoms with Crippen LogP contribution in [0.1, 0.15) is 26.3 Å². The Morgan fingerprint density at radius 3 is 2.81 bits per heavy atom. The Balaban J connectivity index is 1.20. The molecule has 3 aliphatic rings. The molecular formula is C36H42N8O3.